The standard InChI is InChI=1S/C23H18O4S/c1-15(28-18-8-3-2-4-9-18)23(25)26-14-17-13-21(24)27-20-12-11-16-7-5-6-10-19(16)22(17)20/h2-13,15H,14H2,1H3/t15-/m0/s1. The van der Waals surface area contributed by atoms with Crippen molar-refractivity contribution in [1.29, 1.82) is 0 Å². The number of rotatable bonds is 5. The minimum absolute atomic E-state index is 0.0225. The molecular formula is C23H18O4S. The summed E-state index contributed by atoms with van der Waals surface area (Å²) in [4.78, 5) is 25.4. The van der Waals surface area contributed by atoms with Gasteiger partial charge in [-0.05, 0) is 35.9 Å². The second-order valence-electron chi connectivity index (χ2n) is 6.43. The van der Waals surface area contributed by atoms with Crippen molar-refractivity contribution in [2.24, 2.45) is 0 Å². The molecule has 4 rings (SSSR count). The molecule has 0 aliphatic rings. The summed E-state index contributed by atoms with van der Waals surface area (Å²) in [5.41, 5.74) is 0.679. The average molecular weight is 390 g/mol. The van der Waals surface area contributed by atoms with Crippen molar-refractivity contribution in [3.63, 3.8) is 0 Å². The van der Waals surface area contributed by atoms with E-state index in [2.05, 4.69) is 0 Å². The lowest BCUT2D eigenvalue weighted by atomic mass is 10.0. The van der Waals surface area contributed by atoms with Crippen LogP contribution in [-0.2, 0) is 16.1 Å². The van der Waals surface area contributed by atoms with E-state index >= 15 is 0 Å². The normalized spacial score (nSPS) is 12.2. The summed E-state index contributed by atoms with van der Waals surface area (Å²) in [6.45, 7) is 1.83. The molecule has 0 saturated carbocycles. The van der Waals surface area contributed by atoms with Gasteiger partial charge in [0.25, 0.3) is 0 Å². The third-order valence-corrected chi connectivity index (χ3v) is 5.56. The van der Waals surface area contributed by atoms with Gasteiger partial charge in [0.05, 0.1) is 0 Å². The van der Waals surface area contributed by atoms with Crippen LogP contribution in [0.4, 0.5) is 0 Å². The van der Waals surface area contributed by atoms with Gasteiger partial charge in [-0.2, -0.15) is 0 Å². The number of hydrogen-bond acceptors (Lipinski definition) is 5. The van der Waals surface area contributed by atoms with Crippen LogP contribution in [-0.4, -0.2) is 11.2 Å². The molecule has 1 heterocycles. The molecule has 4 aromatic rings. The average Bonchev–Trinajstić information content (AvgIpc) is 2.72. The molecule has 1 aromatic heterocycles. The van der Waals surface area contributed by atoms with Crippen molar-refractivity contribution < 1.29 is 13.9 Å². The molecule has 1 atom stereocenters. The smallest absolute Gasteiger partial charge is 0.336 e. The van der Waals surface area contributed by atoms with E-state index in [1.807, 2.05) is 67.6 Å². The molecule has 5 heteroatoms. The summed E-state index contributed by atoms with van der Waals surface area (Å²) in [7, 11) is 0. The van der Waals surface area contributed by atoms with Crippen LogP contribution >= 0.6 is 11.8 Å². The van der Waals surface area contributed by atoms with E-state index in [0.29, 0.717) is 11.1 Å². The highest BCUT2D eigenvalue weighted by Gasteiger charge is 2.17. The largest absolute Gasteiger partial charge is 0.460 e. The highest BCUT2D eigenvalue weighted by molar-refractivity contribution is 8.00. The van der Waals surface area contributed by atoms with Crippen LogP contribution in [0.2, 0.25) is 0 Å². The Bertz CT molecular complexity index is 1200. The second kappa shape index (κ2) is 7.90. The van der Waals surface area contributed by atoms with Gasteiger partial charge in [0.15, 0.2) is 0 Å². The zero-order chi connectivity index (χ0) is 19.5. The maximum Gasteiger partial charge on any atom is 0.336 e. The summed E-state index contributed by atoms with van der Waals surface area (Å²) in [5, 5.41) is 2.44. The van der Waals surface area contributed by atoms with Gasteiger partial charge < -0.3 is 9.15 Å². The summed E-state index contributed by atoms with van der Waals surface area (Å²) < 4.78 is 10.9. The van der Waals surface area contributed by atoms with Crippen molar-refractivity contribution in [2.45, 2.75) is 23.7 Å². The molecule has 0 aliphatic carbocycles. The van der Waals surface area contributed by atoms with Gasteiger partial charge >= 0.3 is 11.6 Å². The van der Waals surface area contributed by atoms with Gasteiger partial charge in [-0.3, -0.25) is 4.79 Å². The van der Waals surface area contributed by atoms with Crippen LogP contribution in [0.5, 0.6) is 0 Å². The first kappa shape index (κ1) is 18.3. The van der Waals surface area contributed by atoms with Crippen LogP contribution in [0.15, 0.2) is 86.9 Å². The number of ether oxygens (including phenoxy) is 1. The molecule has 0 aliphatic heterocycles. The highest BCUT2D eigenvalue weighted by atomic mass is 32.2. The Hall–Kier alpha value is -3.05. The van der Waals surface area contributed by atoms with Gasteiger partial charge in [0, 0.05) is 21.9 Å². The number of carbonyl (C=O) groups is 1. The number of fused-ring (bicyclic) bond motifs is 3. The van der Waals surface area contributed by atoms with E-state index in [4.69, 9.17) is 9.15 Å². The van der Waals surface area contributed by atoms with Crippen molar-refractivity contribution in [3.05, 3.63) is 88.8 Å². The Labute approximate surface area is 166 Å². The monoisotopic (exact) mass is 390 g/mol. The summed E-state index contributed by atoms with van der Waals surface area (Å²) in [6, 6.07) is 22.6. The fourth-order valence-electron chi connectivity index (χ4n) is 3.15. The van der Waals surface area contributed by atoms with Crippen LogP contribution in [0, 0.1) is 0 Å². The van der Waals surface area contributed by atoms with E-state index in [1.54, 1.807) is 6.07 Å². The number of benzene rings is 3. The van der Waals surface area contributed by atoms with Crippen LogP contribution in [0.25, 0.3) is 21.7 Å². The van der Waals surface area contributed by atoms with Crippen LogP contribution < -0.4 is 5.63 Å². The van der Waals surface area contributed by atoms with E-state index in [1.165, 1.54) is 17.8 Å². The van der Waals surface area contributed by atoms with E-state index in [-0.39, 0.29) is 17.8 Å². The van der Waals surface area contributed by atoms with Crippen molar-refractivity contribution in [1.82, 2.24) is 0 Å². The van der Waals surface area contributed by atoms with Gasteiger partial charge in [-0.1, -0.05) is 48.5 Å². The Kier molecular flexibility index (Phi) is 5.17. The first-order valence-corrected chi connectivity index (χ1v) is 9.82. The number of carbonyl (C=O) groups excluding carboxylic acids is 1. The van der Waals surface area contributed by atoms with Gasteiger partial charge in [-0.25, -0.2) is 4.79 Å². The lowest BCUT2D eigenvalue weighted by Gasteiger charge is -2.13. The molecule has 0 amide bonds. The molecule has 28 heavy (non-hydrogen) atoms. The first-order chi connectivity index (χ1) is 13.6. The quantitative estimate of drug-likeness (QED) is 0.204. The van der Waals surface area contributed by atoms with Gasteiger partial charge in [-0.15, -0.1) is 11.8 Å². The lowest BCUT2D eigenvalue weighted by Crippen LogP contribution is -2.17. The third kappa shape index (κ3) is 3.80. The van der Waals surface area contributed by atoms with E-state index in [9.17, 15) is 9.59 Å². The van der Waals surface area contributed by atoms with Crippen LogP contribution in [0.3, 0.4) is 0 Å². The Morgan fingerprint density at radius 2 is 1.79 bits per heavy atom. The van der Waals surface area contributed by atoms with Crippen molar-refractivity contribution in [3.8, 4) is 0 Å². The molecule has 0 radical (unpaired) electrons. The molecule has 0 N–H and O–H groups in total. The predicted molar refractivity (Wildman–Crippen MR) is 112 cm³/mol. The number of hydrogen-bond donors (Lipinski definition) is 0. The zero-order valence-corrected chi connectivity index (χ0v) is 16.1. The number of esters is 1. The number of thioether (sulfide) groups is 1. The predicted octanol–water partition coefficient (Wildman–Crippen LogP) is 5.17. The van der Waals surface area contributed by atoms with E-state index in [0.717, 1.165) is 21.1 Å². The van der Waals surface area contributed by atoms with E-state index < -0.39 is 5.63 Å². The fourth-order valence-corrected chi connectivity index (χ4v) is 4.04. The highest BCUT2D eigenvalue weighted by Crippen LogP contribution is 2.28. The SMILES string of the molecule is C[C@H](Sc1ccccc1)C(=O)OCc1cc(=O)oc2ccc3ccccc3c12. The zero-order valence-electron chi connectivity index (χ0n) is 15.3. The van der Waals surface area contributed by atoms with Gasteiger partial charge in [0.1, 0.15) is 17.4 Å². The molecule has 140 valence electrons. The molecule has 0 bridgehead atoms. The molecular weight excluding hydrogens is 372 g/mol. The molecule has 3 aromatic carbocycles. The third-order valence-electron chi connectivity index (χ3n) is 4.47. The van der Waals surface area contributed by atoms with Crippen molar-refractivity contribution >= 4 is 39.5 Å². The molecule has 4 nitrogen and oxygen atoms in total. The molecule has 0 saturated heterocycles. The topological polar surface area (TPSA) is 56.5 Å². The second-order valence-corrected chi connectivity index (χ2v) is 7.85. The van der Waals surface area contributed by atoms with Crippen molar-refractivity contribution in [2.75, 3.05) is 0 Å². The Morgan fingerprint density at radius 3 is 2.61 bits per heavy atom. The molecule has 0 spiro atoms. The maximum atomic E-state index is 12.5. The fraction of sp³-hybridized carbons (Fsp3) is 0.130. The Balaban J connectivity index is 1.60. The molecule has 0 unspecified atom stereocenters. The Morgan fingerprint density at radius 1 is 1.04 bits per heavy atom. The molecule has 0 fully saturated rings. The maximum absolute atomic E-state index is 12.5. The summed E-state index contributed by atoms with van der Waals surface area (Å²) >= 11 is 1.44. The lowest BCUT2D eigenvalue weighted by molar-refractivity contribution is -0.143. The summed E-state index contributed by atoms with van der Waals surface area (Å²) in [5.74, 6) is -0.324. The minimum atomic E-state index is -0.458. The van der Waals surface area contributed by atoms with Crippen LogP contribution in [0.1, 0.15) is 12.5 Å². The first-order valence-electron chi connectivity index (χ1n) is 8.94. The van der Waals surface area contributed by atoms with Gasteiger partial charge in [0.2, 0.25) is 0 Å². The summed E-state index contributed by atoms with van der Waals surface area (Å²) in [6.07, 6.45) is 0. The minimum Gasteiger partial charge on any atom is -0.460 e.